The molecule has 3 heterocycles. The van der Waals surface area contributed by atoms with Gasteiger partial charge in [-0.3, -0.25) is 9.20 Å². The summed E-state index contributed by atoms with van der Waals surface area (Å²) in [6.45, 7) is 0.429. The number of nitrogen functional groups attached to an aromatic ring is 1. The van der Waals surface area contributed by atoms with Crippen LogP contribution in [-0.4, -0.2) is 50.0 Å². The van der Waals surface area contributed by atoms with E-state index in [1.54, 1.807) is 27.6 Å². The smallest absolute Gasteiger partial charge is 0.248 e. The Morgan fingerprint density at radius 1 is 1.09 bits per heavy atom. The second kappa shape index (κ2) is 8.95. The minimum atomic E-state index is -0.496. The van der Waals surface area contributed by atoms with Gasteiger partial charge in [0.15, 0.2) is 0 Å². The fourth-order valence-electron chi connectivity index (χ4n) is 4.01. The number of amides is 1. The molecule has 9 heteroatoms. The number of aliphatic hydroxyl groups excluding tert-OH is 1. The van der Waals surface area contributed by atoms with Gasteiger partial charge in [0.2, 0.25) is 11.9 Å². The van der Waals surface area contributed by atoms with Crippen molar-refractivity contribution in [2.45, 2.75) is 6.42 Å². The van der Waals surface area contributed by atoms with E-state index in [4.69, 9.17) is 20.6 Å². The molecule has 3 N–H and O–H groups in total. The van der Waals surface area contributed by atoms with Crippen LogP contribution in [0.4, 0.5) is 10.3 Å². The van der Waals surface area contributed by atoms with Crippen LogP contribution in [0, 0.1) is 5.82 Å². The highest BCUT2D eigenvalue weighted by Crippen LogP contribution is 2.32. The molecular weight excluding hydrogens is 437 g/mol. The van der Waals surface area contributed by atoms with Gasteiger partial charge >= 0.3 is 0 Å². The number of carbonyl (C=O) groups is 1. The third-order valence-corrected chi connectivity index (χ3v) is 5.74. The predicted molar refractivity (Wildman–Crippen MR) is 126 cm³/mol. The monoisotopic (exact) mass is 459 g/mol. The molecule has 2 aromatic heterocycles. The number of nitrogens with two attached hydrogens (primary N) is 1. The highest BCUT2D eigenvalue weighted by Gasteiger charge is 2.22. The number of halogens is 1. The van der Waals surface area contributed by atoms with Crippen molar-refractivity contribution in [2.24, 2.45) is 0 Å². The highest BCUT2D eigenvalue weighted by molar-refractivity contribution is 5.83. The molecule has 1 aliphatic heterocycles. The van der Waals surface area contributed by atoms with E-state index >= 15 is 0 Å². The second-order valence-electron chi connectivity index (χ2n) is 7.87. The molecule has 0 aliphatic carbocycles. The van der Waals surface area contributed by atoms with E-state index < -0.39 is 6.61 Å². The molecule has 34 heavy (non-hydrogen) atoms. The maximum Gasteiger partial charge on any atom is 0.248 e. The summed E-state index contributed by atoms with van der Waals surface area (Å²) in [7, 11) is 0. The van der Waals surface area contributed by atoms with Crippen LogP contribution in [0.15, 0.2) is 66.9 Å². The molecule has 1 aliphatic rings. The van der Waals surface area contributed by atoms with Crippen LogP contribution in [0.2, 0.25) is 0 Å². The van der Waals surface area contributed by atoms with Crippen molar-refractivity contribution in [3.8, 4) is 22.9 Å². The van der Waals surface area contributed by atoms with Crippen molar-refractivity contribution in [2.75, 3.05) is 25.4 Å². The van der Waals surface area contributed by atoms with Gasteiger partial charge < -0.3 is 20.5 Å². The number of ether oxygens (including phenoxy) is 1. The second-order valence-corrected chi connectivity index (χ2v) is 7.87. The van der Waals surface area contributed by atoms with Crippen molar-refractivity contribution in [1.82, 2.24) is 19.3 Å². The molecule has 0 unspecified atom stereocenters. The van der Waals surface area contributed by atoms with Crippen LogP contribution in [-0.2, 0) is 4.79 Å². The first-order valence-electron chi connectivity index (χ1n) is 10.8. The van der Waals surface area contributed by atoms with Gasteiger partial charge in [-0.2, -0.15) is 0 Å². The lowest BCUT2D eigenvalue weighted by atomic mass is 10.0. The summed E-state index contributed by atoms with van der Waals surface area (Å²) >= 11 is 0. The number of benzene rings is 2. The van der Waals surface area contributed by atoms with Gasteiger partial charge in [-0.1, -0.05) is 6.08 Å². The molecule has 0 radical (unpaired) electrons. The van der Waals surface area contributed by atoms with Crippen molar-refractivity contribution < 1.29 is 19.0 Å². The van der Waals surface area contributed by atoms with Crippen LogP contribution in [0.25, 0.3) is 22.5 Å². The van der Waals surface area contributed by atoms with E-state index in [0.29, 0.717) is 42.8 Å². The molecule has 0 saturated heterocycles. The zero-order valence-corrected chi connectivity index (χ0v) is 18.2. The van der Waals surface area contributed by atoms with Crippen LogP contribution in [0.1, 0.15) is 12.1 Å². The summed E-state index contributed by atoms with van der Waals surface area (Å²) in [5.41, 5.74) is 9.65. The van der Waals surface area contributed by atoms with Gasteiger partial charge in [-0.05, 0) is 66.6 Å². The average molecular weight is 459 g/mol. The molecule has 8 nitrogen and oxygen atoms in total. The van der Waals surface area contributed by atoms with Crippen molar-refractivity contribution in [3.05, 3.63) is 78.4 Å². The summed E-state index contributed by atoms with van der Waals surface area (Å²) in [4.78, 5) is 22.5. The van der Waals surface area contributed by atoms with Crippen molar-refractivity contribution in [3.63, 3.8) is 0 Å². The quantitative estimate of drug-likeness (QED) is 0.473. The number of hydrogen-bond acceptors (Lipinski definition) is 6. The fourth-order valence-corrected chi connectivity index (χ4v) is 4.01. The molecule has 2 aromatic carbocycles. The molecule has 0 fully saturated rings. The number of nitrogens with zero attached hydrogens (tertiary/aromatic N) is 4. The first-order valence-corrected chi connectivity index (χ1v) is 10.8. The normalized spacial score (nSPS) is 13.7. The number of rotatable bonds is 5. The number of carbonyl (C=O) groups excluding carboxylic acids is 1. The standard InChI is InChI=1S/C25H22FN5O3/c26-18-3-7-20(8-4-18)34-19-5-1-17(2-6-19)24-29-23(21-9-12-28-25(27)31(21)24)16-10-13-30(14-11-16)22(33)15-32/h1-10,12,32H,11,13-15H2,(H2,27,28). The van der Waals surface area contributed by atoms with Gasteiger partial charge in [0.25, 0.3) is 0 Å². The SMILES string of the molecule is Nc1nccc2c(C3=CCN(C(=O)CO)CC3)nc(-c3ccc(Oc4ccc(F)cc4)cc3)n12. The van der Waals surface area contributed by atoms with Crippen LogP contribution in [0.5, 0.6) is 11.5 Å². The van der Waals surface area contributed by atoms with Crippen LogP contribution < -0.4 is 10.5 Å². The topological polar surface area (TPSA) is 106 Å². The summed E-state index contributed by atoms with van der Waals surface area (Å²) in [5.74, 6) is 1.48. The van der Waals surface area contributed by atoms with Crippen molar-refractivity contribution in [1.29, 1.82) is 0 Å². The Bertz CT molecular complexity index is 1380. The van der Waals surface area contributed by atoms with E-state index in [2.05, 4.69) is 4.98 Å². The zero-order valence-electron chi connectivity index (χ0n) is 18.2. The first-order chi connectivity index (χ1) is 16.5. The minimum Gasteiger partial charge on any atom is -0.457 e. The van der Waals surface area contributed by atoms with Gasteiger partial charge in [0.05, 0.1) is 11.2 Å². The molecular formula is C25H22FN5O3. The summed E-state index contributed by atoms with van der Waals surface area (Å²) < 4.78 is 20.7. The molecule has 0 bridgehead atoms. The lowest BCUT2D eigenvalue weighted by molar-refractivity contribution is -0.133. The zero-order chi connectivity index (χ0) is 23.7. The fraction of sp³-hybridized carbons (Fsp3) is 0.160. The Labute approximate surface area is 194 Å². The highest BCUT2D eigenvalue weighted by atomic mass is 19.1. The summed E-state index contributed by atoms with van der Waals surface area (Å²) in [5, 5.41) is 9.11. The molecule has 0 spiro atoms. The number of imidazole rings is 1. The van der Waals surface area contributed by atoms with Gasteiger partial charge in [-0.25, -0.2) is 14.4 Å². The van der Waals surface area contributed by atoms with Gasteiger partial charge in [0, 0.05) is 24.8 Å². The first kappa shape index (κ1) is 21.6. The maximum absolute atomic E-state index is 13.1. The predicted octanol–water partition coefficient (Wildman–Crippen LogP) is 3.52. The van der Waals surface area contributed by atoms with E-state index in [-0.39, 0.29) is 11.7 Å². The summed E-state index contributed by atoms with van der Waals surface area (Å²) in [6.07, 6.45) is 4.22. The minimum absolute atomic E-state index is 0.290. The number of aromatic nitrogens is 3. The lowest BCUT2D eigenvalue weighted by Gasteiger charge is -2.25. The van der Waals surface area contributed by atoms with E-state index in [9.17, 15) is 9.18 Å². The van der Waals surface area contributed by atoms with Gasteiger partial charge in [-0.15, -0.1) is 0 Å². The Balaban J connectivity index is 1.48. The van der Waals surface area contributed by atoms with E-state index in [0.717, 1.165) is 22.3 Å². The van der Waals surface area contributed by atoms with Crippen LogP contribution in [0.3, 0.4) is 0 Å². The average Bonchev–Trinajstić information content (AvgIpc) is 3.26. The van der Waals surface area contributed by atoms with Crippen LogP contribution >= 0.6 is 0 Å². The molecule has 0 atom stereocenters. The number of anilines is 1. The molecule has 0 saturated carbocycles. The largest absolute Gasteiger partial charge is 0.457 e. The number of aliphatic hydroxyl groups is 1. The van der Waals surface area contributed by atoms with Crippen molar-refractivity contribution >= 4 is 22.9 Å². The van der Waals surface area contributed by atoms with Gasteiger partial charge in [0.1, 0.15) is 29.7 Å². The van der Waals surface area contributed by atoms with E-state index in [1.807, 2.05) is 36.4 Å². The third kappa shape index (κ3) is 4.08. The third-order valence-electron chi connectivity index (χ3n) is 5.74. The molecule has 1 amide bonds. The Kier molecular flexibility index (Phi) is 5.69. The Morgan fingerprint density at radius 2 is 1.79 bits per heavy atom. The number of fused-ring (bicyclic) bond motifs is 1. The Hall–Kier alpha value is -4.24. The number of hydrogen-bond donors (Lipinski definition) is 2. The summed E-state index contributed by atoms with van der Waals surface area (Å²) in [6, 6.07) is 15.1. The Morgan fingerprint density at radius 3 is 2.44 bits per heavy atom. The lowest BCUT2D eigenvalue weighted by Crippen LogP contribution is -2.36. The van der Waals surface area contributed by atoms with E-state index in [1.165, 1.54) is 12.1 Å². The molecule has 172 valence electrons. The molecule has 4 aromatic rings. The molecule has 5 rings (SSSR count). The maximum atomic E-state index is 13.1.